The molecule has 1 aliphatic carbocycles. The summed E-state index contributed by atoms with van der Waals surface area (Å²) in [5, 5.41) is 0. The smallest absolute Gasteiger partial charge is 0.303 e. The Hall–Kier alpha value is -5.52. The Kier molecular flexibility index (Phi) is 16.1. The van der Waals surface area contributed by atoms with Gasteiger partial charge in [0, 0.05) is 27.0 Å². The van der Waals surface area contributed by atoms with Crippen LogP contribution in [-0.4, -0.2) is 111 Å². The predicted octanol–water partition coefficient (Wildman–Crippen LogP) is 6.31. The molecule has 3 fully saturated rings. The standard InChI is InChI=1S/C50H57NO14/c1-31(52)56-30-39-41(60-32(2)53)42(61-33(3)54)40(51-26-34-22-24-38(55-6)25-23-34)49(62-39)63-46-44(58-28-36-18-12-8-13-19-36)43(57-27-35-16-10-7-11-17-35)45(47-48(46)65-50(4,5)64-47)59-29-37-20-14-9-15-21-37/h7-26,39-49H,27-30H2,1-6H3/t39-,40-,41-,42-,43+,44-,45+,46+,47-,48-,49-/m1/s1. The first-order chi connectivity index (χ1) is 31.4. The van der Waals surface area contributed by atoms with Gasteiger partial charge in [-0.25, -0.2) is 0 Å². The van der Waals surface area contributed by atoms with Crippen molar-refractivity contribution in [3.05, 3.63) is 138 Å². The third-order valence-electron chi connectivity index (χ3n) is 11.1. The summed E-state index contributed by atoms with van der Waals surface area (Å²) in [5.41, 5.74) is 3.41. The molecule has 0 spiro atoms. The van der Waals surface area contributed by atoms with Crippen molar-refractivity contribution in [1.82, 2.24) is 0 Å². The molecule has 15 nitrogen and oxygen atoms in total. The maximum atomic E-state index is 12.9. The van der Waals surface area contributed by atoms with Gasteiger partial charge in [0.1, 0.15) is 61.1 Å². The summed E-state index contributed by atoms with van der Waals surface area (Å²) in [7, 11) is 1.57. The van der Waals surface area contributed by atoms with Crippen molar-refractivity contribution in [2.24, 2.45) is 4.99 Å². The van der Waals surface area contributed by atoms with Crippen LogP contribution in [0.3, 0.4) is 0 Å². The molecule has 0 N–H and O–H groups in total. The van der Waals surface area contributed by atoms with E-state index in [0.29, 0.717) is 11.3 Å². The molecule has 3 aliphatic rings. The molecule has 0 amide bonds. The number of carbonyl (C=O) groups excluding carboxylic acids is 3. The number of hydrogen-bond acceptors (Lipinski definition) is 15. The molecule has 4 aromatic rings. The van der Waals surface area contributed by atoms with Gasteiger partial charge in [0.05, 0.1) is 26.9 Å². The maximum absolute atomic E-state index is 12.9. The third-order valence-corrected chi connectivity index (χ3v) is 11.1. The molecule has 2 saturated heterocycles. The van der Waals surface area contributed by atoms with E-state index < -0.39 is 91.0 Å². The molecule has 15 heteroatoms. The first-order valence-corrected chi connectivity index (χ1v) is 21.7. The van der Waals surface area contributed by atoms with Gasteiger partial charge in [-0.1, -0.05) is 91.0 Å². The van der Waals surface area contributed by atoms with Gasteiger partial charge >= 0.3 is 17.9 Å². The fourth-order valence-electron chi connectivity index (χ4n) is 8.27. The highest BCUT2D eigenvalue weighted by molar-refractivity contribution is 5.80. The molecule has 2 heterocycles. The molecular formula is C50H57NO14. The molecule has 2 aliphatic heterocycles. The van der Waals surface area contributed by atoms with Crippen LogP contribution in [0.25, 0.3) is 0 Å². The van der Waals surface area contributed by atoms with Crippen molar-refractivity contribution in [2.45, 2.75) is 127 Å². The van der Waals surface area contributed by atoms with E-state index in [4.69, 9.17) is 57.1 Å². The number of carbonyl (C=O) groups is 3. The number of ether oxygens (including phenoxy) is 11. The molecule has 0 bridgehead atoms. The third kappa shape index (κ3) is 12.6. The molecule has 1 saturated carbocycles. The number of fused-ring (bicyclic) bond motifs is 1. The Balaban J connectivity index is 1.34. The second-order valence-corrected chi connectivity index (χ2v) is 16.5. The molecule has 346 valence electrons. The van der Waals surface area contributed by atoms with Crippen molar-refractivity contribution in [2.75, 3.05) is 13.7 Å². The van der Waals surface area contributed by atoms with Crippen molar-refractivity contribution in [3.8, 4) is 5.75 Å². The molecule has 4 aromatic carbocycles. The molecule has 65 heavy (non-hydrogen) atoms. The molecule has 11 atom stereocenters. The second-order valence-electron chi connectivity index (χ2n) is 16.5. The zero-order valence-electron chi connectivity index (χ0n) is 37.4. The molecular weight excluding hydrogens is 839 g/mol. The number of rotatable bonds is 18. The van der Waals surface area contributed by atoms with Crippen LogP contribution >= 0.6 is 0 Å². The summed E-state index contributed by atoms with van der Waals surface area (Å²) < 4.78 is 70.5. The summed E-state index contributed by atoms with van der Waals surface area (Å²) in [4.78, 5) is 42.8. The highest BCUT2D eigenvalue weighted by atomic mass is 16.8. The minimum absolute atomic E-state index is 0.147. The van der Waals surface area contributed by atoms with Gasteiger partial charge in [0.2, 0.25) is 0 Å². The van der Waals surface area contributed by atoms with Gasteiger partial charge in [-0.3, -0.25) is 19.4 Å². The predicted molar refractivity (Wildman–Crippen MR) is 235 cm³/mol. The Bertz CT molecular complexity index is 2170. The Morgan fingerprint density at radius 2 is 1.08 bits per heavy atom. The van der Waals surface area contributed by atoms with E-state index in [1.54, 1.807) is 37.6 Å². The number of aliphatic imine (C=N–C) groups is 1. The van der Waals surface area contributed by atoms with Gasteiger partial charge in [-0.05, 0) is 60.4 Å². The first-order valence-electron chi connectivity index (χ1n) is 21.7. The summed E-state index contributed by atoms with van der Waals surface area (Å²) >= 11 is 0. The van der Waals surface area contributed by atoms with E-state index in [2.05, 4.69) is 0 Å². The Labute approximate surface area is 379 Å². The lowest BCUT2D eigenvalue weighted by molar-refractivity contribution is -0.321. The van der Waals surface area contributed by atoms with Crippen LogP contribution in [0, 0.1) is 0 Å². The van der Waals surface area contributed by atoms with Gasteiger partial charge in [-0.15, -0.1) is 0 Å². The van der Waals surface area contributed by atoms with Crippen LogP contribution in [0.4, 0.5) is 0 Å². The van der Waals surface area contributed by atoms with Gasteiger partial charge in [0.25, 0.3) is 0 Å². The summed E-state index contributed by atoms with van der Waals surface area (Å²) in [5.74, 6) is -2.48. The topological polar surface area (TPSA) is 165 Å². The lowest BCUT2D eigenvalue weighted by Crippen LogP contribution is -2.68. The SMILES string of the molecule is COc1ccc(C=N[C@H]2[C@@H](O[C@H]3[C@H](OCc4ccccc4)[C@H](OCc4ccccc4)[C@H](OCc4ccccc4)[C@H]4OC(C)(C)O[C@H]34)O[C@H](COC(C)=O)[C@@H](OC(C)=O)[C@@H]2OC(C)=O)cc1. The minimum Gasteiger partial charge on any atom is -0.497 e. The lowest BCUT2D eigenvalue weighted by atomic mass is 9.83. The number of nitrogens with zero attached hydrogens (tertiary/aromatic N) is 1. The molecule has 0 radical (unpaired) electrons. The van der Waals surface area contributed by atoms with Crippen LogP contribution < -0.4 is 4.74 Å². The van der Waals surface area contributed by atoms with Crippen LogP contribution in [0.2, 0.25) is 0 Å². The van der Waals surface area contributed by atoms with E-state index in [0.717, 1.165) is 16.7 Å². The van der Waals surface area contributed by atoms with E-state index in [-0.39, 0.29) is 26.4 Å². The van der Waals surface area contributed by atoms with Crippen molar-refractivity contribution < 1.29 is 66.5 Å². The Morgan fingerprint density at radius 1 is 0.600 bits per heavy atom. The maximum Gasteiger partial charge on any atom is 0.303 e. The van der Waals surface area contributed by atoms with E-state index >= 15 is 0 Å². The summed E-state index contributed by atoms with van der Waals surface area (Å²) in [6, 6.07) is 35.2. The largest absolute Gasteiger partial charge is 0.497 e. The number of hydrogen-bond donors (Lipinski definition) is 0. The number of methoxy groups -OCH3 is 1. The van der Waals surface area contributed by atoms with E-state index in [1.165, 1.54) is 20.8 Å². The highest BCUT2D eigenvalue weighted by Gasteiger charge is 2.62. The quantitative estimate of drug-likeness (QED) is 0.0620. The van der Waals surface area contributed by atoms with Crippen LogP contribution in [0.5, 0.6) is 5.75 Å². The fraction of sp³-hybridized carbons (Fsp3) is 0.440. The normalized spacial score (nSPS) is 28.2. The fourth-order valence-corrected chi connectivity index (χ4v) is 8.27. The first kappa shape index (κ1) is 47.4. The summed E-state index contributed by atoms with van der Waals surface area (Å²) in [6.07, 6.45) is -8.75. The number of esters is 3. The number of benzene rings is 4. The van der Waals surface area contributed by atoms with Crippen molar-refractivity contribution in [1.29, 1.82) is 0 Å². The zero-order valence-corrected chi connectivity index (χ0v) is 37.4. The monoisotopic (exact) mass is 895 g/mol. The minimum atomic E-state index is -1.38. The Morgan fingerprint density at radius 3 is 1.57 bits per heavy atom. The average Bonchev–Trinajstić information content (AvgIpc) is 3.63. The van der Waals surface area contributed by atoms with Gasteiger partial charge in [0.15, 0.2) is 24.3 Å². The molecule has 0 unspecified atom stereocenters. The average molecular weight is 896 g/mol. The van der Waals surface area contributed by atoms with Crippen molar-refractivity contribution in [3.63, 3.8) is 0 Å². The lowest BCUT2D eigenvalue weighted by Gasteiger charge is -2.49. The zero-order chi connectivity index (χ0) is 45.9. The summed E-state index contributed by atoms with van der Waals surface area (Å²) in [6.45, 7) is 7.50. The van der Waals surface area contributed by atoms with E-state index in [1.807, 2.05) is 105 Å². The molecule has 7 rings (SSSR count). The van der Waals surface area contributed by atoms with Crippen molar-refractivity contribution >= 4 is 24.1 Å². The van der Waals surface area contributed by atoms with Crippen LogP contribution in [0.15, 0.2) is 120 Å². The van der Waals surface area contributed by atoms with Crippen LogP contribution in [0.1, 0.15) is 56.9 Å². The molecule has 0 aromatic heterocycles. The highest BCUT2D eigenvalue weighted by Crippen LogP contribution is 2.44. The van der Waals surface area contributed by atoms with Gasteiger partial charge in [-0.2, -0.15) is 0 Å². The second kappa shape index (κ2) is 22.1. The van der Waals surface area contributed by atoms with Gasteiger partial charge < -0.3 is 52.1 Å². The van der Waals surface area contributed by atoms with E-state index in [9.17, 15) is 14.4 Å². The van der Waals surface area contributed by atoms with Crippen LogP contribution in [-0.2, 0) is 81.6 Å².